The first-order valence-electron chi connectivity index (χ1n) is 9.51. The number of carbonyl (C=O) groups is 1. The number of anilines is 2. The Morgan fingerprint density at radius 1 is 1.12 bits per heavy atom. The number of fused-ring (bicyclic) bond motifs is 2. The topological polar surface area (TPSA) is 52.6 Å². The third-order valence-electron chi connectivity index (χ3n) is 6.32. The number of rotatable bonds is 4. The van der Waals surface area contributed by atoms with E-state index in [1.165, 1.54) is 25.7 Å². The fourth-order valence-corrected chi connectivity index (χ4v) is 5.03. The maximum atomic E-state index is 12.6. The molecule has 3 atom stereocenters. The molecule has 3 fully saturated rings. The maximum absolute atomic E-state index is 12.6. The first-order valence-corrected chi connectivity index (χ1v) is 9.51. The van der Waals surface area contributed by atoms with Gasteiger partial charge in [-0.3, -0.25) is 4.79 Å². The van der Waals surface area contributed by atoms with Gasteiger partial charge in [-0.05, 0) is 62.0 Å². The number of piperidine rings is 1. The Kier molecular flexibility index (Phi) is 4.49. The van der Waals surface area contributed by atoms with Gasteiger partial charge in [-0.15, -0.1) is 0 Å². The Morgan fingerprint density at radius 2 is 1.92 bits per heavy atom. The average molecular weight is 328 g/mol. The minimum atomic E-state index is -0.180. The Hall–Kier alpha value is -1.55. The van der Waals surface area contributed by atoms with Crippen molar-refractivity contribution in [1.29, 1.82) is 0 Å². The summed E-state index contributed by atoms with van der Waals surface area (Å²) in [6, 6.07) is 8.07. The van der Waals surface area contributed by atoms with Crippen LogP contribution in [0.4, 0.5) is 11.4 Å². The summed E-state index contributed by atoms with van der Waals surface area (Å²) in [6.07, 6.45) is 7.41. The number of aliphatic hydroxyl groups excluding tert-OH is 1. The lowest BCUT2D eigenvalue weighted by atomic mass is 9.86. The summed E-state index contributed by atoms with van der Waals surface area (Å²) < 4.78 is 0. The molecule has 2 aliphatic carbocycles. The maximum Gasteiger partial charge on any atom is 0.224 e. The van der Waals surface area contributed by atoms with Gasteiger partial charge in [-0.2, -0.15) is 0 Å². The van der Waals surface area contributed by atoms with Crippen LogP contribution < -0.4 is 10.2 Å². The zero-order chi connectivity index (χ0) is 16.5. The standard InChI is InChI=1S/C20H28N2O2/c23-17-7-9-22(10-8-17)19-4-2-1-3-18(19)21-20(24)13-16-12-14-5-6-15(16)11-14/h1-4,14-17,23H,5-13H2,(H,21,24). The fraction of sp³-hybridized carbons (Fsp3) is 0.650. The van der Waals surface area contributed by atoms with Gasteiger partial charge in [0.05, 0.1) is 17.5 Å². The molecule has 0 aromatic heterocycles. The molecule has 130 valence electrons. The van der Waals surface area contributed by atoms with Crippen molar-refractivity contribution < 1.29 is 9.90 Å². The Bertz CT molecular complexity index is 595. The average Bonchev–Trinajstić information content (AvgIpc) is 3.19. The van der Waals surface area contributed by atoms with Gasteiger partial charge in [0.15, 0.2) is 0 Å². The van der Waals surface area contributed by atoms with Crippen molar-refractivity contribution in [3.63, 3.8) is 0 Å². The van der Waals surface area contributed by atoms with Crippen LogP contribution >= 0.6 is 0 Å². The number of nitrogens with one attached hydrogen (secondary N) is 1. The number of carbonyl (C=O) groups excluding carboxylic acids is 1. The van der Waals surface area contributed by atoms with E-state index in [2.05, 4.69) is 16.3 Å². The molecule has 3 aliphatic rings. The van der Waals surface area contributed by atoms with E-state index in [-0.39, 0.29) is 12.0 Å². The summed E-state index contributed by atoms with van der Waals surface area (Å²) in [7, 11) is 0. The molecule has 2 saturated carbocycles. The summed E-state index contributed by atoms with van der Waals surface area (Å²) in [5.41, 5.74) is 2.01. The predicted octanol–water partition coefficient (Wildman–Crippen LogP) is 3.41. The highest BCUT2D eigenvalue weighted by Gasteiger charge is 2.40. The van der Waals surface area contributed by atoms with E-state index >= 15 is 0 Å². The molecular weight excluding hydrogens is 300 g/mol. The highest BCUT2D eigenvalue weighted by molar-refractivity contribution is 5.94. The minimum Gasteiger partial charge on any atom is -0.393 e. The molecule has 3 unspecified atom stereocenters. The highest BCUT2D eigenvalue weighted by Crippen LogP contribution is 2.49. The van der Waals surface area contributed by atoms with Crippen LogP contribution in [-0.4, -0.2) is 30.2 Å². The van der Waals surface area contributed by atoms with Crippen LogP contribution in [0.5, 0.6) is 0 Å². The minimum absolute atomic E-state index is 0.164. The van der Waals surface area contributed by atoms with Crippen LogP contribution in [-0.2, 0) is 4.79 Å². The third-order valence-corrected chi connectivity index (χ3v) is 6.32. The summed E-state index contributed by atoms with van der Waals surface area (Å²) in [6.45, 7) is 1.70. The predicted molar refractivity (Wildman–Crippen MR) is 96.1 cm³/mol. The normalized spacial score (nSPS) is 29.9. The molecule has 2 bridgehead atoms. The van der Waals surface area contributed by atoms with Gasteiger partial charge in [0.1, 0.15) is 0 Å². The smallest absolute Gasteiger partial charge is 0.224 e. The molecule has 1 aliphatic heterocycles. The molecule has 1 heterocycles. The van der Waals surface area contributed by atoms with E-state index in [1.807, 2.05) is 18.2 Å². The Morgan fingerprint density at radius 3 is 2.62 bits per heavy atom. The zero-order valence-corrected chi connectivity index (χ0v) is 14.3. The van der Waals surface area contributed by atoms with Gasteiger partial charge in [-0.25, -0.2) is 0 Å². The first-order chi connectivity index (χ1) is 11.7. The Labute approximate surface area is 144 Å². The Balaban J connectivity index is 1.40. The lowest BCUT2D eigenvalue weighted by Crippen LogP contribution is -2.36. The van der Waals surface area contributed by atoms with Crippen LogP contribution in [0, 0.1) is 17.8 Å². The van der Waals surface area contributed by atoms with Crippen molar-refractivity contribution in [3.05, 3.63) is 24.3 Å². The van der Waals surface area contributed by atoms with Crippen LogP contribution in [0.1, 0.15) is 44.9 Å². The molecule has 1 aromatic rings. The number of aliphatic hydroxyl groups is 1. The van der Waals surface area contributed by atoms with Gasteiger partial charge in [0.2, 0.25) is 5.91 Å². The fourth-order valence-electron chi connectivity index (χ4n) is 5.03. The second kappa shape index (κ2) is 6.75. The largest absolute Gasteiger partial charge is 0.393 e. The molecule has 2 N–H and O–H groups in total. The van der Waals surface area contributed by atoms with E-state index in [4.69, 9.17) is 0 Å². The van der Waals surface area contributed by atoms with Crippen molar-refractivity contribution in [1.82, 2.24) is 0 Å². The summed E-state index contributed by atoms with van der Waals surface area (Å²) in [4.78, 5) is 14.8. The van der Waals surface area contributed by atoms with Gasteiger partial charge < -0.3 is 15.3 Å². The first kappa shape index (κ1) is 15.9. The molecule has 4 heteroatoms. The third kappa shape index (κ3) is 3.30. The number of nitrogens with zero attached hydrogens (tertiary/aromatic N) is 1. The molecule has 1 amide bonds. The second-order valence-electron chi connectivity index (χ2n) is 7.92. The van der Waals surface area contributed by atoms with Crippen LogP contribution in [0.2, 0.25) is 0 Å². The van der Waals surface area contributed by atoms with Gasteiger partial charge >= 0.3 is 0 Å². The van der Waals surface area contributed by atoms with Crippen LogP contribution in [0.15, 0.2) is 24.3 Å². The number of hydrogen-bond donors (Lipinski definition) is 2. The van der Waals surface area contributed by atoms with Crippen molar-refractivity contribution in [2.24, 2.45) is 17.8 Å². The van der Waals surface area contributed by atoms with E-state index in [0.717, 1.165) is 49.1 Å². The molecule has 1 saturated heterocycles. The van der Waals surface area contributed by atoms with Gasteiger partial charge in [0.25, 0.3) is 0 Å². The lowest BCUT2D eigenvalue weighted by Gasteiger charge is -2.33. The summed E-state index contributed by atoms with van der Waals surface area (Å²) >= 11 is 0. The van der Waals surface area contributed by atoms with Crippen molar-refractivity contribution >= 4 is 17.3 Å². The van der Waals surface area contributed by atoms with Gasteiger partial charge in [-0.1, -0.05) is 18.6 Å². The second-order valence-corrected chi connectivity index (χ2v) is 7.92. The monoisotopic (exact) mass is 328 g/mol. The molecule has 1 aromatic carbocycles. The van der Waals surface area contributed by atoms with Crippen LogP contribution in [0.3, 0.4) is 0 Å². The highest BCUT2D eigenvalue weighted by atomic mass is 16.3. The lowest BCUT2D eigenvalue weighted by molar-refractivity contribution is -0.117. The van der Waals surface area contributed by atoms with E-state index in [9.17, 15) is 9.90 Å². The number of benzene rings is 1. The summed E-state index contributed by atoms with van der Waals surface area (Å²) in [5.74, 6) is 2.44. The number of para-hydroxylation sites is 2. The SMILES string of the molecule is O=C(CC1CC2CCC1C2)Nc1ccccc1N1CCC(O)CC1. The quantitative estimate of drug-likeness (QED) is 0.890. The van der Waals surface area contributed by atoms with Crippen molar-refractivity contribution in [2.45, 2.75) is 51.0 Å². The molecule has 0 radical (unpaired) electrons. The van der Waals surface area contributed by atoms with E-state index in [0.29, 0.717) is 12.3 Å². The van der Waals surface area contributed by atoms with E-state index in [1.54, 1.807) is 0 Å². The number of hydrogen-bond acceptors (Lipinski definition) is 3. The number of amides is 1. The zero-order valence-electron chi connectivity index (χ0n) is 14.3. The molecule has 4 rings (SSSR count). The molecule has 24 heavy (non-hydrogen) atoms. The molecule has 4 nitrogen and oxygen atoms in total. The van der Waals surface area contributed by atoms with Crippen molar-refractivity contribution in [2.75, 3.05) is 23.3 Å². The molecule has 0 spiro atoms. The molecular formula is C20H28N2O2. The van der Waals surface area contributed by atoms with Crippen molar-refractivity contribution in [3.8, 4) is 0 Å². The van der Waals surface area contributed by atoms with Gasteiger partial charge in [0, 0.05) is 19.5 Å². The van der Waals surface area contributed by atoms with Crippen LogP contribution in [0.25, 0.3) is 0 Å². The van der Waals surface area contributed by atoms with E-state index < -0.39 is 0 Å². The summed E-state index contributed by atoms with van der Waals surface area (Å²) in [5, 5.41) is 12.9.